The van der Waals surface area contributed by atoms with Crippen molar-refractivity contribution in [3.8, 4) is 0 Å². The maximum absolute atomic E-state index is 12.5. The van der Waals surface area contributed by atoms with Gasteiger partial charge in [0.1, 0.15) is 6.10 Å². The third-order valence-electron chi connectivity index (χ3n) is 4.75. The minimum absolute atomic E-state index is 0.00282. The maximum Gasteiger partial charge on any atom is 0.164 e. The van der Waals surface area contributed by atoms with Gasteiger partial charge in [-0.15, -0.1) is 0 Å². The third-order valence-corrected chi connectivity index (χ3v) is 5.97. The lowest BCUT2D eigenvalue weighted by molar-refractivity contribution is -0.144. The quantitative estimate of drug-likeness (QED) is 0.844. The summed E-state index contributed by atoms with van der Waals surface area (Å²) in [6.45, 7) is 4.76. The maximum atomic E-state index is 12.5. The molecule has 1 N–H and O–H groups in total. The van der Waals surface area contributed by atoms with E-state index in [0.29, 0.717) is 6.61 Å². The highest BCUT2D eigenvalue weighted by molar-refractivity contribution is 7.99. The van der Waals surface area contributed by atoms with Gasteiger partial charge in [-0.25, -0.2) is 0 Å². The Bertz CT molecular complexity index is 309. The lowest BCUT2D eigenvalue weighted by Crippen LogP contribution is -2.45. The van der Waals surface area contributed by atoms with E-state index in [1.807, 2.05) is 25.6 Å². The molecule has 19 heavy (non-hydrogen) atoms. The summed E-state index contributed by atoms with van der Waals surface area (Å²) in [5, 5.41) is 10.3. The highest BCUT2D eigenvalue weighted by atomic mass is 32.2. The van der Waals surface area contributed by atoms with Crippen molar-refractivity contribution in [3.05, 3.63) is 0 Å². The van der Waals surface area contributed by atoms with Crippen LogP contribution in [-0.4, -0.2) is 40.7 Å². The second-order valence-corrected chi connectivity index (χ2v) is 7.05. The van der Waals surface area contributed by atoms with Crippen molar-refractivity contribution in [1.82, 2.24) is 0 Å². The van der Waals surface area contributed by atoms with Gasteiger partial charge in [0.25, 0.3) is 0 Å². The number of Topliss-reactive ketones (excluding diaryl/α,β-unsaturated/α-hetero) is 1. The second kappa shape index (κ2) is 6.59. The SMILES string of the molecule is CCC(CC)C(O)C(=O)C1CCOC2(CCSC2)C1. The molecule has 0 bridgehead atoms. The summed E-state index contributed by atoms with van der Waals surface area (Å²) in [5.41, 5.74) is -0.0725. The molecule has 0 radical (unpaired) electrons. The van der Waals surface area contributed by atoms with Gasteiger partial charge in [0.15, 0.2) is 5.78 Å². The summed E-state index contributed by atoms with van der Waals surface area (Å²) < 4.78 is 5.95. The summed E-state index contributed by atoms with van der Waals surface area (Å²) in [4.78, 5) is 12.5. The molecule has 110 valence electrons. The number of rotatable bonds is 5. The molecule has 0 aromatic rings. The van der Waals surface area contributed by atoms with E-state index < -0.39 is 6.10 Å². The van der Waals surface area contributed by atoms with Crippen LogP contribution in [0.5, 0.6) is 0 Å². The Kier molecular flexibility index (Phi) is 5.32. The first-order valence-electron chi connectivity index (χ1n) is 7.55. The van der Waals surface area contributed by atoms with Crippen LogP contribution in [0.4, 0.5) is 0 Å². The molecule has 3 atom stereocenters. The molecule has 2 aliphatic rings. The van der Waals surface area contributed by atoms with Crippen LogP contribution < -0.4 is 0 Å². The van der Waals surface area contributed by atoms with E-state index in [1.165, 1.54) is 0 Å². The van der Waals surface area contributed by atoms with Crippen LogP contribution in [0.1, 0.15) is 46.0 Å². The van der Waals surface area contributed by atoms with E-state index in [1.54, 1.807) is 0 Å². The summed E-state index contributed by atoms with van der Waals surface area (Å²) in [6.07, 6.45) is 3.62. The molecular weight excluding hydrogens is 260 g/mol. The molecule has 0 amide bonds. The molecule has 2 aliphatic heterocycles. The Balaban J connectivity index is 1.98. The van der Waals surface area contributed by atoms with Crippen LogP contribution in [0.3, 0.4) is 0 Å². The van der Waals surface area contributed by atoms with Gasteiger partial charge in [0.2, 0.25) is 0 Å². The fourth-order valence-electron chi connectivity index (χ4n) is 3.34. The zero-order chi connectivity index (χ0) is 13.9. The molecule has 2 saturated heterocycles. The highest BCUT2D eigenvalue weighted by Gasteiger charge is 2.43. The number of hydrogen-bond acceptors (Lipinski definition) is 4. The molecule has 4 heteroatoms. The number of hydrogen-bond donors (Lipinski definition) is 1. The van der Waals surface area contributed by atoms with Crippen LogP contribution in [0, 0.1) is 11.8 Å². The van der Waals surface area contributed by atoms with Gasteiger partial charge in [0.05, 0.1) is 5.60 Å². The van der Waals surface area contributed by atoms with Gasteiger partial charge >= 0.3 is 0 Å². The Morgan fingerprint density at radius 2 is 2.21 bits per heavy atom. The second-order valence-electron chi connectivity index (χ2n) is 5.95. The standard InChI is InChI=1S/C15H26O3S/c1-3-11(4-2)13(16)14(17)12-5-7-18-15(9-12)6-8-19-10-15/h11-13,16H,3-10H2,1-2H3. The molecule has 2 heterocycles. The van der Waals surface area contributed by atoms with Crippen molar-refractivity contribution < 1.29 is 14.6 Å². The Hall–Kier alpha value is -0.0600. The zero-order valence-corrected chi connectivity index (χ0v) is 12.9. The average molecular weight is 286 g/mol. The number of carbonyl (C=O) groups is 1. The van der Waals surface area contributed by atoms with Gasteiger partial charge in [-0.1, -0.05) is 26.7 Å². The molecule has 0 aromatic carbocycles. The van der Waals surface area contributed by atoms with E-state index in [-0.39, 0.29) is 23.2 Å². The predicted octanol–water partition coefficient (Wildman–Crippen LogP) is 2.65. The van der Waals surface area contributed by atoms with Gasteiger partial charge < -0.3 is 9.84 Å². The molecule has 3 nitrogen and oxygen atoms in total. The minimum Gasteiger partial charge on any atom is -0.385 e. The van der Waals surface area contributed by atoms with E-state index in [2.05, 4.69) is 0 Å². The van der Waals surface area contributed by atoms with Crippen molar-refractivity contribution in [2.75, 3.05) is 18.1 Å². The van der Waals surface area contributed by atoms with Gasteiger partial charge in [-0.05, 0) is 30.9 Å². The van der Waals surface area contributed by atoms with Gasteiger partial charge in [-0.3, -0.25) is 4.79 Å². The summed E-state index contributed by atoms with van der Waals surface area (Å²) in [5.74, 6) is 2.33. The number of thioether (sulfide) groups is 1. The van der Waals surface area contributed by atoms with Crippen molar-refractivity contribution >= 4 is 17.5 Å². The summed E-state index contributed by atoms with van der Waals surface area (Å²) >= 11 is 1.92. The van der Waals surface area contributed by atoms with Crippen LogP contribution in [0.15, 0.2) is 0 Å². The van der Waals surface area contributed by atoms with Gasteiger partial charge in [0, 0.05) is 18.3 Å². The van der Waals surface area contributed by atoms with E-state index in [9.17, 15) is 9.90 Å². The Labute approximate surface area is 120 Å². The fourth-order valence-corrected chi connectivity index (χ4v) is 4.72. The number of carbonyl (C=O) groups excluding carboxylic acids is 1. The first kappa shape index (κ1) is 15.3. The van der Waals surface area contributed by atoms with Crippen LogP contribution in [0.25, 0.3) is 0 Å². The Morgan fingerprint density at radius 3 is 2.79 bits per heavy atom. The summed E-state index contributed by atoms with van der Waals surface area (Å²) in [7, 11) is 0. The molecule has 3 unspecified atom stereocenters. The molecule has 0 aliphatic carbocycles. The molecule has 2 fully saturated rings. The van der Waals surface area contributed by atoms with Crippen molar-refractivity contribution in [2.24, 2.45) is 11.8 Å². The number of aliphatic hydroxyl groups is 1. The minimum atomic E-state index is -0.774. The van der Waals surface area contributed by atoms with Crippen LogP contribution >= 0.6 is 11.8 Å². The smallest absolute Gasteiger partial charge is 0.164 e. The number of ether oxygens (including phenoxy) is 1. The highest BCUT2D eigenvalue weighted by Crippen LogP contribution is 2.41. The first-order chi connectivity index (χ1) is 9.12. The number of ketones is 1. The first-order valence-corrected chi connectivity index (χ1v) is 8.71. The van der Waals surface area contributed by atoms with E-state index >= 15 is 0 Å². The largest absolute Gasteiger partial charge is 0.385 e. The molecule has 2 rings (SSSR count). The normalized spacial score (nSPS) is 32.9. The fraction of sp³-hybridized carbons (Fsp3) is 0.933. The predicted molar refractivity (Wildman–Crippen MR) is 78.4 cm³/mol. The van der Waals surface area contributed by atoms with Crippen molar-refractivity contribution in [3.63, 3.8) is 0 Å². The average Bonchev–Trinajstić information content (AvgIpc) is 2.87. The monoisotopic (exact) mass is 286 g/mol. The van der Waals surface area contributed by atoms with Crippen molar-refractivity contribution in [1.29, 1.82) is 0 Å². The number of aliphatic hydroxyl groups excluding tert-OH is 1. The van der Waals surface area contributed by atoms with E-state index in [4.69, 9.17) is 4.74 Å². The lowest BCUT2D eigenvalue weighted by atomic mass is 9.79. The van der Waals surface area contributed by atoms with E-state index in [0.717, 1.165) is 43.6 Å². The summed E-state index contributed by atoms with van der Waals surface area (Å²) in [6, 6.07) is 0. The molecule has 1 spiro atoms. The van der Waals surface area contributed by atoms with Crippen molar-refractivity contribution in [2.45, 2.75) is 57.7 Å². The van der Waals surface area contributed by atoms with Crippen LogP contribution in [0.2, 0.25) is 0 Å². The third kappa shape index (κ3) is 3.34. The molecule has 0 saturated carbocycles. The lowest BCUT2D eigenvalue weighted by Gasteiger charge is -2.38. The van der Waals surface area contributed by atoms with Gasteiger partial charge in [-0.2, -0.15) is 11.8 Å². The molecule has 0 aromatic heterocycles. The Morgan fingerprint density at radius 1 is 1.47 bits per heavy atom. The topological polar surface area (TPSA) is 46.5 Å². The molecular formula is C15H26O3S. The van der Waals surface area contributed by atoms with Crippen LogP contribution in [-0.2, 0) is 9.53 Å². The zero-order valence-electron chi connectivity index (χ0n) is 12.1.